The minimum atomic E-state index is -1.40. The van der Waals surface area contributed by atoms with Gasteiger partial charge in [0.1, 0.15) is 17.1 Å². The molecule has 8 heteroatoms. The molecule has 1 aliphatic heterocycles. The Hall–Kier alpha value is -3.46. The smallest absolute Gasteiger partial charge is 0.410 e. The van der Waals surface area contributed by atoms with Crippen molar-refractivity contribution in [2.45, 2.75) is 90.5 Å². The van der Waals surface area contributed by atoms with Gasteiger partial charge in [0.05, 0.1) is 18.8 Å². The molecule has 3 unspecified atom stereocenters. The summed E-state index contributed by atoms with van der Waals surface area (Å²) < 4.78 is 24.4. The zero-order valence-electron chi connectivity index (χ0n) is 26.6. The molecule has 4 rings (SSSR count). The van der Waals surface area contributed by atoms with Gasteiger partial charge in [0.25, 0.3) is 0 Å². The second-order valence-electron chi connectivity index (χ2n) is 12.8. The van der Waals surface area contributed by atoms with Gasteiger partial charge < -0.3 is 29.0 Å². The number of carbonyl (C=O) groups is 2. The van der Waals surface area contributed by atoms with E-state index in [1.54, 1.807) is 11.0 Å². The van der Waals surface area contributed by atoms with Crippen molar-refractivity contribution in [3.8, 4) is 0 Å². The Bertz CT molecular complexity index is 1280. The van der Waals surface area contributed by atoms with Crippen LogP contribution < -0.4 is 0 Å². The van der Waals surface area contributed by atoms with Crippen LogP contribution in [0.1, 0.15) is 77.5 Å². The standard InChI is InChI=1S/C36H47NO7/c1-26(2)42-31-24-29(27-14-8-6-9-15-27)19-20-36(31,33(38)39)21-22-37(34(40)44-35(3,4)5)25-30(28-16-10-7-11-17-28)43-32-18-12-13-23-41-32/h6-11,14-17,19-20,24,26,30-32H,12-13,18,21-23,25H2,1-5H3,(H,38,39)/t30-,31?,32?,36?/m0/s1. The van der Waals surface area contributed by atoms with Gasteiger partial charge in [-0.25, -0.2) is 4.79 Å². The summed E-state index contributed by atoms with van der Waals surface area (Å²) in [5.41, 5.74) is 0.623. The lowest BCUT2D eigenvalue weighted by Gasteiger charge is -2.39. The summed E-state index contributed by atoms with van der Waals surface area (Å²) in [6.45, 7) is 10.1. The van der Waals surface area contributed by atoms with Gasteiger partial charge in [-0.3, -0.25) is 4.79 Å². The highest BCUT2D eigenvalue weighted by Crippen LogP contribution is 2.40. The molecule has 2 aromatic carbocycles. The van der Waals surface area contributed by atoms with E-state index in [4.69, 9.17) is 18.9 Å². The molecule has 0 radical (unpaired) electrons. The summed E-state index contributed by atoms with van der Waals surface area (Å²) in [5.74, 6) is -1.02. The monoisotopic (exact) mass is 605 g/mol. The number of carbonyl (C=O) groups excluding carboxylic acids is 1. The van der Waals surface area contributed by atoms with Crippen molar-refractivity contribution < 1.29 is 33.6 Å². The molecule has 8 nitrogen and oxygen atoms in total. The summed E-state index contributed by atoms with van der Waals surface area (Å²) >= 11 is 0. The number of carboxylic acid groups (broad SMARTS) is 1. The molecule has 0 saturated carbocycles. The van der Waals surface area contributed by atoms with Gasteiger partial charge in [-0.05, 0) is 83.1 Å². The molecule has 0 spiro atoms. The summed E-state index contributed by atoms with van der Waals surface area (Å²) in [5, 5.41) is 10.7. The molecular weight excluding hydrogens is 558 g/mol. The van der Waals surface area contributed by atoms with Crippen molar-refractivity contribution >= 4 is 17.6 Å². The molecule has 0 aromatic heterocycles. The Kier molecular flexibility index (Phi) is 11.4. The summed E-state index contributed by atoms with van der Waals surface area (Å²) in [4.78, 5) is 28.3. The van der Waals surface area contributed by atoms with E-state index < -0.39 is 35.3 Å². The quantitative estimate of drug-likeness (QED) is 0.269. The van der Waals surface area contributed by atoms with Crippen molar-refractivity contribution in [3.63, 3.8) is 0 Å². The average Bonchev–Trinajstić information content (AvgIpc) is 2.99. The van der Waals surface area contributed by atoms with Crippen LogP contribution >= 0.6 is 0 Å². The van der Waals surface area contributed by atoms with E-state index in [-0.39, 0.29) is 31.9 Å². The van der Waals surface area contributed by atoms with Gasteiger partial charge >= 0.3 is 12.1 Å². The van der Waals surface area contributed by atoms with E-state index in [0.717, 1.165) is 36.0 Å². The molecule has 0 bridgehead atoms. The first-order valence-electron chi connectivity index (χ1n) is 15.6. The minimum Gasteiger partial charge on any atom is -0.481 e. The number of ether oxygens (including phenoxy) is 4. The van der Waals surface area contributed by atoms with Crippen LogP contribution in [-0.4, -0.2) is 65.9 Å². The van der Waals surface area contributed by atoms with E-state index in [2.05, 4.69) is 0 Å². The highest BCUT2D eigenvalue weighted by molar-refractivity contribution is 5.84. The molecule has 2 aromatic rings. The average molecular weight is 606 g/mol. The van der Waals surface area contributed by atoms with Crippen molar-refractivity contribution in [1.29, 1.82) is 0 Å². The fraction of sp³-hybridized carbons (Fsp3) is 0.500. The van der Waals surface area contributed by atoms with E-state index in [1.807, 2.05) is 107 Å². The van der Waals surface area contributed by atoms with E-state index in [1.165, 1.54) is 0 Å². The SMILES string of the molecule is CC(C)OC1C=C(c2ccccc2)C=CC1(CCN(C[C@H](OC1CCCCO1)c1ccccc1)C(=O)OC(C)(C)C)C(=O)O. The third-order valence-electron chi connectivity index (χ3n) is 7.78. The fourth-order valence-electron chi connectivity index (χ4n) is 5.50. The van der Waals surface area contributed by atoms with Crippen molar-refractivity contribution in [2.75, 3.05) is 19.7 Å². The van der Waals surface area contributed by atoms with Gasteiger partial charge in [-0.15, -0.1) is 0 Å². The Morgan fingerprint density at radius 1 is 1.02 bits per heavy atom. The molecule has 1 heterocycles. The highest BCUT2D eigenvalue weighted by Gasteiger charge is 2.46. The number of aliphatic carboxylic acids is 1. The number of amides is 1. The van der Waals surface area contributed by atoms with Crippen molar-refractivity contribution in [1.82, 2.24) is 4.90 Å². The van der Waals surface area contributed by atoms with Crippen molar-refractivity contribution in [3.05, 3.63) is 90.0 Å². The zero-order chi connectivity index (χ0) is 31.7. The normalized spacial score (nSPS) is 22.7. The molecule has 44 heavy (non-hydrogen) atoms. The van der Waals surface area contributed by atoms with Gasteiger partial charge in [0, 0.05) is 13.2 Å². The molecular formula is C36H47NO7. The lowest BCUT2D eigenvalue weighted by molar-refractivity contribution is -0.193. The van der Waals surface area contributed by atoms with Crippen LogP contribution in [0.2, 0.25) is 0 Å². The molecule has 2 aliphatic rings. The number of hydrogen-bond donors (Lipinski definition) is 1. The summed E-state index contributed by atoms with van der Waals surface area (Å²) in [7, 11) is 0. The molecule has 1 fully saturated rings. The summed E-state index contributed by atoms with van der Waals surface area (Å²) in [6, 6.07) is 19.5. The van der Waals surface area contributed by atoms with Gasteiger partial charge in [-0.1, -0.05) is 72.8 Å². The molecule has 238 valence electrons. The fourth-order valence-corrected chi connectivity index (χ4v) is 5.50. The van der Waals surface area contributed by atoms with Crippen LogP contribution in [0.4, 0.5) is 4.79 Å². The number of rotatable bonds is 12. The topological polar surface area (TPSA) is 94.5 Å². The Morgan fingerprint density at radius 2 is 1.70 bits per heavy atom. The first-order chi connectivity index (χ1) is 21.0. The largest absolute Gasteiger partial charge is 0.481 e. The molecule has 4 atom stereocenters. The first-order valence-corrected chi connectivity index (χ1v) is 15.6. The number of nitrogens with zero attached hydrogens (tertiary/aromatic N) is 1. The Morgan fingerprint density at radius 3 is 2.30 bits per heavy atom. The lowest BCUT2D eigenvalue weighted by Crippen LogP contribution is -2.48. The van der Waals surface area contributed by atoms with Gasteiger partial charge in [0.2, 0.25) is 0 Å². The number of carboxylic acids is 1. The number of hydrogen-bond acceptors (Lipinski definition) is 6. The van der Waals surface area contributed by atoms with Crippen LogP contribution in [-0.2, 0) is 23.7 Å². The Balaban J connectivity index is 1.64. The van der Waals surface area contributed by atoms with Crippen LogP contribution in [0.5, 0.6) is 0 Å². The van der Waals surface area contributed by atoms with Crippen LogP contribution in [0, 0.1) is 5.41 Å². The highest BCUT2D eigenvalue weighted by atomic mass is 16.7. The molecule has 1 N–H and O–H groups in total. The van der Waals surface area contributed by atoms with Gasteiger partial charge in [-0.2, -0.15) is 0 Å². The predicted octanol–water partition coefficient (Wildman–Crippen LogP) is 7.42. The minimum absolute atomic E-state index is 0.107. The lowest BCUT2D eigenvalue weighted by atomic mass is 9.74. The van der Waals surface area contributed by atoms with Crippen LogP contribution in [0.3, 0.4) is 0 Å². The number of allylic oxidation sites excluding steroid dienone is 2. The maximum absolute atomic E-state index is 13.7. The molecule has 1 amide bonds. The maximum Gasteiger partial charge on any atom is 0.410 e. The summed E-state index contributed by atoms with van der Waals surface area (Å²) in [6.07, 6.45) is 5.94. The zero-order valence-corrected chi connectivity index (χ0v) is 26.6. The third kappa shape index (κ3) is 9.03. The molecule has 1 aliphatic carbocycles. The second kappa shape index (κ2) is 15.0. The molecule has 1 saturated heterocycles. The van der Waals surface area contributed by atoms with Crippen molar-refractivity contribution in [2.24, 2.45) is 5.41 Å². The first kappa shape index (κ1) is 33.4. The predicted molar refractivity (Wildman–Crippen MR) is 170 cm³/mol. The van der Waals surface area contributed by atoms with Crippen LogP contribution in [0.25, 0.3) is 5.57 Å². The third-order valence-corrected chi connectivity index (χ3v) is 7.78. The van der Waals surface area contributed by atoms with E-state index in [0.29, 0.717) is 6.61 Å². The van der Waals surface area contributed by atoms with E-state index in [9.17, 15) is 14.7 Å². The van der Waals surface area contributed by atoms with Gasteiger partial charge in [0.15, 0.2) is 6.29 Å². The second-order valence-corrected chi connectivity index (χ2v) is 12.8. The Labute approximate surface area is 261 Å². The number of benzene rings is 2. The maximum atomic E-state index is 13.7. The van der Waals surface area contributed by atoms with E-state index >= 15 is 0 Å². The van der Waals surface area contributed by atoms with Crippen LogP contribution in [0.15, 0.2) is 78.9 Å².